The summed E-state index contributed by atoms with van der Waals surface area (Å²) in [5.41, 5.74) is 2.40. The van der Waals surface area contributed by atoms with Crippen LogP contribution in [0.2, 0.25) is 0 Å². The van der Waals surface area contributed by atoms with Crippen molar-refractivity contribution in [1.29, 1.82) is 0 Å². The first-order chi connectivity index (χ1) is 9.18. The fraction of sp³-hybridized carbons (Fsp3) is 0.533. The summed E-state index contributed by atoms with van der Waals surface area (Å²) in [6.45, 7) is 8.49. The predicted octanol–water partition coefficient (Wildman–Crippen LogP) is 1.75. The van der Waals surface area contributed by atoms with Gasteiger partial charge in [0.05, 0.1) is 6.04 Å². The van der Waals surface area contributed by atoms with Crippen molar-refractivity contribution < 1.29 is 4.79 Å². The topological polar surface area (TPSA) is 44.4 Å². The monoisotopic (exact) mass is 333 g/mol. The minimum absolute atomic E-state index is 0. The average molecular weight is 334 g/mol. The second-order valence-corrected chi connectivity index (χ2v) is 5.11. The summed E-state index contributed by atoms with van der Waals surface area (Å²) in [5.74, 6) is 0.116. The molecule has 6 heteroatoms. The van der Waals surface area contributed by atoms with Crippen molar-refractivity contribution in [3.05, 3.63) is 35.4 Å². The van der Waals surface area contributed by atoms with E-state index in [4.69, 9.17) is 0 Å². The predicted molar refractivity (Wildman–Crippen MR) is 91.4 cm³/mol. The zero-order chi connectivity index (χ0) is 13.7. The smallest absolute Gasteiger partial charge is 0.237 e. The van der Waals surface area contributed by atoms with E-state index < -0.39 is 0 Å². The van der Waals surface area contributed by atoms with Gasteiger partial charge in [-0.05, 0) is 25.0 Å². The van der Waals surface area contributed by atoms with Crippen molar-refractivity contribution in [3.63, 3.8) is 0 Å². The molecular weight excluding hydrogens is 309 g/mol. The third kappa shape index (κ3) is 5.83. The van der Waals surface area contributed by atoms with E-state index in [1.165, 1.54) is 11.1 Å². The molecule has 1 saturated heterocycles. The van der Waals surface area contributed by atoms with Crippen LogP contribution in [-0.4, -0.2) is 43.0 Å². The van der Waals surface area contributed by atoms with Gasteiger partial charge < -0.3 is 10.6 Å². The summed E-state index contributed by atoms with van der Waals surface area (Å²) in [6, 6.07) is 8.11. The first-order valence-corrected chi connectivity index (χ1v) is 6.95. The maximum absolute atomic E-state index is 12.2. The Bertz CT molecular complexity index is 437. The van der Waals surface area contributed by atoms with E-state index in [0.29, 0.717) is 6.54 Å². The van der Waals surface area contributed by atoms with Crippen molar-refractivity contribution in [2.45, 2.75) is 26.4 Å². The number of halogens is 2. The van der Waals surface area contributed by atoms with Gasteiger partial charge in [0.25, 0.3) is 0 Å². The highest BCUT2D eigenvalue weighted by molar-refractivity contribution is 5.85. The SMILES string of the molecule is Cc1ccccc1CNC(=O)C(C)N1CCNCC1.Cl.Cl. The Hall–Kier alpha value is -0.810. The number of carbonyl (C=O) groups is 1. The number of rotatable bonds is 4. The maximum Gasteiger partial charge on any atom is 0.237 e. The lowest BCUT2D eigenvalue weighted by Gasteiger charge is -2.31. The quantitative estimate of drug-likeness (QED) is 0.882. The third-order valence-electron chi connectivity index (χ3n) is 3.79. The van der Waals surface area contributed by atoms with Gasteiger partial charge in [0.15, 0.2) is 0 Å². The van der Waals surface area contributed by atoms with Crippen LogP contribution in [0, 0.1) is 6.92 Å². The summed E-state index contributed by atoms with van der Waals surface area (Å²) in [6.07, 6.45) is 0. The number of benzene rings is 1. The Kier molecular flexibility index (Phi) is 9.62. The maximum atomic E-state index is 12.2. The van der Waals surface area contributed by atoms with E-state index in [0.717, 1.165) is 26.2 Å². The molecule has 0 aromatic heterocycles. The molecule has 1 atom stereocenters. The summed E-state index contributed by atoms with van der Waals surface area (Å²) < 4.78 is 0. The molecule has 1 heterocycles. The molecule has 0 aliphatic carbocycles. The van der Waals surface area contributed by atoms with E-state index >= 15 is 0 Å². The van der Waals surface area contributed by atoms with Gasteiger partial charge in [0.1, 0.15) is 0 Å². The molecule has 1 fully saturated rings. The second kappa shape index (κ2) is 10.0. The van der Waals surface area contributed by atoms with Crippen LogP contribution in [0.25, 0.3) is 0 Å². The molecule has 0 bridgehead atoms. The minimum atomic E-state index is -0.0499. The highest BCUT2D eigenvalue weighted by atomic mass is 35.5. The zero-order valence-electron chi connectivity index (χ0n) is 12.6. The van der Waals surface area contributed by atoms with Crippen LogP contribution >= 0.6 is 24.8 Å². The molecule has 0 radical (unpaired) electrons. The van der Waals surface area contributed by atoms with Crippen molar-refractivity contribution >= 4 is 30.7 Å². The average Bonchev–Trinajstić information content (AvgIpc) is 2.46. The number of nitrogens with zero attached hydrogens (tertiary/aromatic N) is 1. The van der Waals surface area contributed by atoms with Crippen LogP contribution in [-0.2, 0) is 11.3 Å². The molecule has 1 aliphatic rings. The Morgan fingerprint density at radius 1 is 1.29 bits per heavy atom. The molecule has 21 heavy (non-hydrogen) atoms. The number of hydrogen-bond donors (Lipinski definition) is 2. The molecule has 120 valence electrons. The molecule has 0 spiro atoms. The molecule has 2 N–H and O–H groups in total. The van der Waals surface area contributed by atoms with E-state index in [2.05, 4.69) is 34.6 Å². The Morgan fingerprint density at radius 3 is 2.52 bits per heavy atom. The van der Waals surface area contributed by atoms with Crippen molar-refractivity contribution in [3.8, 4) is 0 Å². The lowest BCUT2D eigenvalue weighted by molar-refractivity contribution is -0.126. The minimum Gasteiger partial charge on any atom is -0.351 e. The summed E-state index contributed by atoms with van der Waals surface area (Å²) in [4.78, 5) is 14.4. The number of carbonyl (C=O) groups excluding carboxylic acids is 1. The second-order valence-electron chi connectivity index (χ2n) is 5.11. The number of nitrogens with one attached hydrogen (secondary N) is 2. The van der Waals surface area contributed by atoms with E-state index in [1.807, 2.05) is 19.1 Å². The van der Waals surface area contributed by atoms with E-state index in [9.17, 15) is 4.79 Å². The Labute approximate surface area is 139 Å². The highest BCUT2D eigenvalue weighted by Crippen LogP contribution is 2.07. The van der Waals surface area contributed by atoms with Crippen molar-refractivity contribution in [2.24, 2.45) is 0 Å². The van der Waals surface area contributed by atoms with Crippen molar-refractivity contribution in [2.75, 3.05) is 26.2 Å². The van der Waals surface area contributed by atoms with E-state index in [-0.39, 0.29) is 36.8 Å². The lowest BCUT2D eigenvalue weighted by atomic mass is 10.1. The fourth-order valence-electron chi connectivity index (χ4n) is 2.37. The van der Waals surface area contributed by atoms with E-state index in [1.54, 1.807) is 0 Å². The van der Waals surface area contributed by atoms with Gasteiger partial charge in [-0.1, -0.05) is 24.3 Å². The van der Waals surface area contributed by atoms with Crippen molar-refractivity contribution in [1.82, 2.24) is 15.5 Å². The molecule has 1 unspecified atom stereocenters. The normalized spacial score (nSPS) is 16.3. The Balaban J connectivity index is 0.00000200. The van der Waals surface area contributed by atoms with Crippen LogP contribution in [0.15, 0.2) is 24.3 Å². The van der Waals surface area contributed by atoms with Gasteiger partial charge in [0.2, 0.25) is 5.91 Å². The summed E-state index contributed by atoms with van der Waals surface area (Å²) in [5, 5.41) is 6.34. The number of amides is 1. The summed E-state index contributed by atoms with van der Waals surface area (Å²) >= 11 is 0. The number of piperazine rings is 1. The first kappa shape index (κ1) is 20.2. The van der Waals surface area contributed by atoms with Crippen LogP contribution in [0.1, 0.15) is 18.1 Å². The van der Waals surface area contributed by atoms with Gasteiger partial charge in [-0.2, -0.15) is 0 Å². The first-order valence-electron chi connectivity index (χ1n) is 6.95. The standard InChI is InChI=1S/C15H23N3O.2ClH/c1-12-5-3-4-6-14(12)11-17-15(19)13(2)18-9-7-16-8-10-18;;/h3-6,13,16H,7-11H2,1-2H3,(H,17,19);2*1H. The largest absolute Gasteiger partial charge is 0.351 e. The fourth-order valence-corrected chi connectivity index (χ4v) is 2.37. The van der Waals surface area contributed by atoms with Crippen LogP contribution < -0.4 is 10.6 Å². The van der Waals surface area contributed by atoms with Gasteiger partial charge in [0, 0.05) is 32.7 Å². The van der Waals surface area contributed by atoms with Gasteiger partial charge in [-0.25, -0.2) is 0 Å². The molecule has 1 aromatic carbocycles. The molecule has 1 aromatic rings. The van der Waals surface area contributed by atoms with Gasteiger partial charge in [-0.3, -0.25) is 9.69 Å². The number of hydrogen-bond acceptors (Lipinski definition) is 3. The van der Waals surface area contributed by atoms with Gasteiger partial charge >= 0.3 is 0 Å². The van der Waals surface area contributed by atoms with Crippen LogP contribution in [0.3, 0.4) is 0 Å². The number of aryl methyl sites for hydroxylation is 1. The van der Waals surface area contributed by atoms with Crippen LogP contribution in [0.5, 0.6) is 0 Å². The molecule has 1 aliphatic heterocycles. The molecule has 2 rings (SSSR count). The Morgan fingerprint density at radius 2 is 1.90 bits per heavy atom. The van der Waals surface area contributed by atoms with Crippen LogP contribution in [0.4, 0.5) is 0 Å². The zero-order valence-corrected chi connectivity index (χ0v) is 14.2. The molecular formula is C15H25Cl2N3O. The highest BCUT2D eigenvalue weighted by Gasteiger charge is 2.22. The summed E-state index contributed by atoms with van der Waals surface area (Å²) in [7, 11) is 0. The molecule has 4 nitrogen and oxygen atoms in total. The molecule has 0 saturated carbocycles. The molecule has 1 amide bonds. The third-order valence-corrected chi connectivity index (χ3v) is 3.79. The van der Waals surface area contributed by atoms with Gasteiger partial charge in [-0.15, -0.1) is 24.8 Å². The lowest BCUT2D eigenvalue weighted by Crippen LogP contribution is -2.52.